The largest absolute Gasteiger partial charge is 0.493 e. The molecule has 112 valence electrons. The normalized spacial score (nSPS) is 12.2. The summed E-state index contributed by atoms with van der Waals surface area (Å²) in [5.74, 6) is -0.358. The maximum absolute atomic E-state index is 10.8. The van der Waals surface area contributed by atoms with E-state index in [0.29, 0.717) is 11.5 Å². The molecular formula is C14H20O6. The number of rotatable bonds is 8. The van der Waals surface area contributed by atoms with Crippen LogP contribution >= 0.6 is 0 Å². The fourth-order valence-corrected chi connectivity index (χ4v) is 1.46. The third-order valence-corrected chi connectivity index (χ3v) is 2.46. The first-order valence-corrected chi connectivity index (χ1v) is 6.27. The number of carboxylic acid groups (broad SMARTS) is 1. The highest BCUT2D eigenvalue weighted by Gasteiger charge is 2.12. The van der Waals surface area contributed by atoms with Gasteiger partial charge in [0.05, 0.1) is 25.4 Å². The molecule has 2 N–H and O–H groups in total. The van der Waals surface area contributed by atoms with Crippen molar-refractivity contribution >= 4 is 5.97 Å². The van der Waals surface area contributed by atoms with Crippen molar-refractivity contribution in [3.05, 3.63) is 23.8 Å². The molecule has 0 saturated heterocycles. The van der Waals surface area contributed by atoms with Crippen LogP contribution < -0.4 is 9.47 Å². The zero-order valence-electron chi connectivity index (χ0n) is 11.8. The second-order valence-corrected chi connectivity index (χ2v) is 4.52. The molecular weight excluding hydrogens is 264 g/mol. The molecule has 0 aromatic heterocycles. The molecule has 0 aliphatic carbocycles. The fraction of sp³-hybridized carbons (Fsp3) is 0.500. The Kier molecular flexibility index (Phi) is 6.27. The van der Waals surface area contributed by atoms with E-state index in [0.717, 1.165) is 0 Å². The van der Waals surface area contributed by atoms with Crippen LogP contribution in [0.2, 0.25) is 0 Å². The second kappa shape index (κ2) is 7.72. The van der Waals surface area contributed by atoms with E-state index >= 15 is 0 Å². The van der Waals surface area contributed by atoms with Crippen LogP contribution in [-0.2, 0) is 4.74 Å². The second-order valence-electron chi connectivity index (χ2n) is 4.52. The molecule has 0 heterocycles. The lowest BCUT2D eigenvalue weighted by Gasteiger charge is -2.16. The highest BCUT2D eigenvalue weighted by molar-refractivity contribution is 5.88. The van der Waals surface area contributed by atoms with Gasteiger partial charge in [-0.3, -0.25) is 0 Å². The standard InChI is InChI=1S/C14H20O6/c1-9(2)19-7-11(15)8-20-12-5-4-10(14(16)17)6-13(12)18-3/h4-6,9,11,15H,7-8H2,1-3H3,(H,16,17). The summed E-state index contributed by atoms with van der Waals surface area (Å²) >= 11 is 0. The van der Waals surface area contributed by atoms with Gasteiger partial charge in [-0.15, -0.1) is 0 Å². The zero-order valence-corrected chi connectivity index (χ0v) is 11.8. The fourth-order valence-electron chi connectivity index (χ4n) is 1.46. The highest BCUT2D eigenvalue weighted by atomic mass is 16.5. The summed E-state index contributed by atoms with van der Waals surface area (Å²) in [6, 6.07) is 4.28. The average Bonchev–Trinajstić information content (AvgIpc) is 2.42. The lowest BCUT2D eigenvalue weighted by Crippen LogP contribution is -2.25. The van der Waals surface area contributed by atoms with Crippen LogP contribution in [0.15, 0.2) is 18.2 Å². The molecule has 0 amide bonds. The van der Waals surface area contributed by atoms with Crippen molar-refractivity contribution in [1.29, 1.82) is 0 Å². The minimum absolute atomic E-state index is 0.0361. The van der Waals surface area contributed by atoms with E-state index < -0.39 is 12.1 Å². The monoisotopic (exact) mass is 284 g/mol. The van der Waals surface area contributed by atoms with E-state index in [1.807, 2.05) is 13.8 Å². The van der Waals surface area contributed by atoms with Gasteiger partial charge in [-0.05, 0) is 32.0 Å². The molecule has 0 spiro atoms. The smallest absolute Gasteiger partial charge is 0.335 e. The molecule has 0 aliphatic heterocycles. The highest BCUT2D eigenvalue weighted by Crippen LogP contribution is 2.28. The van der Waals surface area contributed by atoms with E-state index in [1.54, 1.807) is 0 Å². The van der Waals surface area contributed by atoms with Crippen molar-refractivity contribution in [1.82, 2.24) is 0 Å². The molecule has 1 aromatic rings. The van der Waals surface area contributed by atoms with Gasteiger partial charge in [0.1, 0.15) is 12.7 Å². The van der Waals surface area contributed by atoms with Gasteiger partial charge in [0.15, 0.2) is 11.5 Å². The lowest BCUT2D eigenvalue weighted by molar-refractivity contribution is -0.0125. The predicted molar refractivity (Wildman–Crippen MR) is 72.5 cm³/mol. The van der Waals surface area contributed by atoms with Gasteiger partial charge in [0.2, 0.25) is 0 Å². The first kappa shape index (κ1) is 16.3. The third kappa shape index (κ3) is 5.07. The Bertz CT molecular complexity index is 443. The Morgan fingerprint density at radius 3 is 2.50 bits per heavy atom. The van der Waals surface area contributed by atoms with Crippen LogP contribution in [0.1, 0.15) is 24.2 Å². The molecule has 0 radical (unpaired) electrons. The number of hydrogen-bond acceptors (Lipinski definition) is 5. The average molecular weight is 284 g/mol. The number of ether oxygens (including phenoxy) is 3. The van der Waals surface area contributed by atoms with Gasteiger partial charge in [-0.1, -0.05) is 0 Å². The molecule has 1 rings (SSSR count). The lowest BCUT2D eigenvalue weighted by atomic mass is 10.2. The molecule has 1 atom stereocenters. The number of aromatic carboxylic acids is 1. The predicted octanol–water partition coefficient (Wildman–Crippen LogP) is 1.56. The molecule has 1 unspecified atom stereocenters. The molecule has 0 fully saturated rings. The van der Waals surface area contributed by atoms with Crippen LogP contribution in [0.4, 0.5) is 0 Å². The number of hydrogen-bond donors (Lipinski definition) is 2. The van der Waals surface area contributed by atoms with Crippen molar-refractivity contribution in [2.24, 2.45) is 0 Å². The van der Waals surface area contributed by atoms with Crippen LogP contribution in [-0.4, -0.2) is 48.7 Å². The number of carbonyl (C=O) groups is 1. The number of carboxylic acids is 1. The van der Waals surface area contributed by atoms with Gasteiger partial charge >= 0.3 is 5.97 Å². The summed E-state index contributed by atoms with van der Waals surface area (Å²) in [6.07, 6.45) is -0.727. The van der Waals surface area contributed by atoms with Gasteiger partial charge in [0, 0.05) is 0 Å². The first-order chi connectivity index (χ1) is 9.43. The quantitative estimate of drug-likeness (QED) is 0.753. The topological polar surface area (TPSA) is 85.2 Å². The number of aliphatic hydroxyl groups is 1. The van der Waals surface area contributed by atoms with Crippen molar-refractivity contribution in [3.8, 4) is 11.5 Å². The number of benzene rings is 1. The van der Waals surface area contributed by atoms with Crippen molar-refractivity contribution in [3.63, 3.8) is 0 Å². The van der Waals surface area contributed by atoms with Crippen LogP contribution in [0, 0.1) is 0 Å². The third-order valence-electron chi connectivity index (χ3n) is 2.46. The summed E-state index contributed by atoms with van der Waals surface area (Å²) in [5.41, 5.74) is 0.109. The van der Waals surface area contributed by atoms with Crippen molar-refractivity contribution < 1.29 is 29.2 Å². The summed E-state index contributed by atoms with van der Waals surface area (Å²) < 4.78 is 15.7. The van der Waals surface area contributed by atoms with Crippen LogP contribution in [0.25, 0.3) is 0 Å². The summed E-state index contributed by atoms with van der Waals surface area (Å²) in [7, 11) is 1.42. The molecule has 1 aromatic carbocycles. The van der Waals surface area contributed by atoms with Crippen molar-refractivity contribution in [2.45, 2.75) is 26.1 Å². The molecule has 0 saturated carbocycles. The minimum Gasteiger partial charge on any atom is -0.493 e. The van der Waals surface area contributed by atoms with E-state index in [4.69, 9.17) is 19.3 Å². The van der Waals surface area contributed by atoms with Gasteiger partial charge in [-0.25, -0.2) is 4.79 Å². The SMILES string of the molecule is COc1cc(C(=O)O)ccc1OCC(O)COC(C)C. The molecule has 6 heteroatoms. The zero-order chi connectivity index (χ0) is 15.1. The number of methoxy groups -OCH3 is 1. The Labute approximate surface area is 117 Å². The Morgan fingerprint density at radius 2 is 1.95 bits per heavy atom. The molecule has 6 nitrogen and oxygen atoms in total. The van der Waals surface area contributed by atoms with Gasteiger partial charge in [0.25, 0.3) is 0 Å². The molecule has 20 heavy (non-hydrogen) atoms. The Morgan fingerprint density at radius 1 is 1.25 bits per heavy atom. The maximum atomic E-state index is 10.8. The van der Waals surface area contributed by atoms with Crippen LogP contribution in [0.3, 0.4) is 0 Å². The number of aliphatic hydroxyl groups excluding tert-OH is 1. The summed E-state index contributed by atoms with van der Waals surface area (Å²) in [4.78, 5) is 10.8. The van der Waals surface area contributed by atoms with Crippen LogP contribution in [0.5, 0.6) is 11.5 Å². The molecule has 0 aliphatic rings. The van der Waals surface area contributed by atoms with E-state index in [9.17, 15) is 9.90 Å². The van der Waals surface area contributed by atoms with Gasteiger partial charge < -0.3 is 24.4 Å². The molecule has 0 bridgehead atoms. The van der Waals surface area contributed by atoms with Crippen molar-refractivity contribution in [2.75, 3.05) is 20.3 Å². The van der Waals surface area contributed by atoms with E-state index in [1.165, 1.54) is 25.3 Å². The van der Waals surface area contributed by atoms with E-state index in [-0.39, 0.29) is 24.9 Å². The first-order valence-electron chi connectivity index (χ1n) is 6.27. The summed E-state index contributed by atoms with van der Waals surface area (Å²) in [6.45, 7) is 3.96. The maximum Gasteiger partial charge on any atom is 0.335 e. The van der Waals surface area contributed by atoms with Gasteiger partial charge in [-0.2, -0.15) is 0 Å². The van der Waals surface area contributed by atoms with E-state index in [2.05, 4.69) is 0 Å². The Balaban J connectivity index is 2.61. The minimum atomic E-state index is -1.04. The Hall–Kier alpha value is -1.79. The summed E-state index contributed by atoms with van der Waals surface area (Å²) in [5, 5.41) is 18.6.